The number of amides is 4. The maximum atomic E-state index is 12.8. The van der Waals surface area contributed by atoms with Crippen LogP contribution in [0.3, 0.4) is 0 Å². The summed E-state index contributed by atoms with van der Waals surface area (Å²) in [6, 6.07) is 4.61. The number of nitrogens with zero attached hydrogens (tertiary/aromatic N) is 1. The van der Waals surface area contributed by atoms with Crippen molar-refractivity contribution in [3.63, 3.8) is 0 Å². The quantitative estimate of drug-likeness (QED) is 0.405. The number of benzene rings is 1. The van der Waals surface area contributed by atoms with E-state index in [1.54, 1.807) is 12.1 Å². The average Bonchev–Trinajstić information content (AvgIpc) is 3.03. The molecule has 32 heavy (non-hydrogen) atoms. The molecule has 0 aliphatic carbocycles. The van der Waals surface area contributed by atoms with Crippen LogP contribution >= 0.6 is 0 Å². The molecule has 0 radical (unpaired) electrons. The van der Waals surface area contributed by atoms with Crippen molar-refractivity contribution < 1.29 is 28.7 Å². The van der Waals surface area contributed by atoms with Crippen LogP contribution in [0.25, 0.3) is 0 Å². The lowest BCUT2D eigenvalue weighted by Gasteiger charge is -2.29. The van der Waals surface area contributed by atoms with Gasteiger partial charge in [-0.1, -0.05) is 17.9 Å². The number of rotatable bonds is 5. The maximum Gasteiger partial charge on any atom is 0.407 e. The van der Waals surface area contributed by atoms with Crippen LogP contribution < -0.4 is 10.6 Å². The third-order valence-electron chi connectivity index (χ3n) is 4.92. The molecule has 1 unspecified atom stereocenters. The molecule has 9 nitrogen and oxygen atoms in total. The minimum absolute atomic E-state index is 0.111. The molecule has 2 aliphatic heterocycles. The summed E-state index contributed by atoms with van der Waals surface area (Å²) >= 11 is 0. The van der Waals surface area contributed by atoms with Crippen LogP contribution in [0.15, 0.2) is 18.2 Å². The van der Waals surface area contributed by atoms with Gasteiger partial charge >= 0.3 is 6.09 Å². The van der Waals surface area contributed by atoms with E-state index in [9.17, 15) is 19.2 Å². The van der Waals surface area contributed by atoms with Gasteiger partial charge in [-0.2, -0.15) is 0 Å². The highest BCUT2D eigenvalue weighted by Gasteiger charge is 2.39. The summed E-state index contributed by atoms with van der Waals surface area (Å²) < 4.78 is 10.4. The fourth-order valence-corrected chi connectivity index (χ4v) is 3.49. The van der Waals surface area contributed by atoms with E-state index in [4.69, 9.17) is 9.47 Å². The number of ether oxygens (including phenoxy) is 2. The van der Waals surface area contributed by atoms with E-state index in [0.29, 0.717) is 17.5 Å². The van der Waals surface area contributed by atoms with Crippen LogP contribution in [-0.4, -0.2) is 60.1 Å². The van der Waals surface area contributed by atoms with Gasteiger partial charge in [0.2, 0.25) is 11.8 Å². The predicted octanol–water partition coefficient (Wildman–Crippen LogP) is 1.34. The molecule has 1 saturated heterocycles. The van der Waals surface area contributed by atoms with E-state index >= 15 is 0 Å². The molecule has 1 atom stereocenters. The largest absolute Gasteiger partial charge is 0.447 e. The van der Waals surface area contributed by atoms with Gasteiger partial charge in [0.25, 0.3) is 5.91 Å². The summed E-state index contributed by atoms with van der Waals surface area (Å²) in [6.07, 6.45) is 0.0225. The Morgan fingerprint density at radius 1 is 1.25 bits per heavy atom. The molecule has 1 aromatic carbocycles. The lowest BCUT2D eigenvalue weighted by atomic mass is 10.0. The van der Waals surface area contributed by atoms with Gasteiger partial charge in [-0.25, -0.2) is 4.79 Å². The number of carbonyl (C=O) groups excluding carboxylic acids is 4. The first-order valence-electron chi connectivity index (χ1n) is 10.4. The number of hydrogen-bond donors (Lipinski definition) is 2. The lowest BCUT2D eigenvalue weighted by Crippen LogP contribution is -2.52. The molecule has 0 bridgehead atoms. The molecule has 0 spiro atoms. The SMILES string of the molecule is CC(C)(C)NC(=O)OCCOCC#Cc1cccc2c1CN(C1CCC(=O)NC1=O)C2=O. The second kappa shape index (κ2) is 9.83. The number of hydrogen-bond acceptors (Lipinski definition) is 6. The number of alkyl carbamates (subject to hydrolysis) is 1. The van der Waals surface area contributed by atoms with Crippen molar-refractivity contribution in [3.8, 4) is 11.8 Å². The molecule has 4 amide bonds. The Bertz CT molecular complexity index is 986. The molecule has 0 aromatic heterocycles. The van der Waals surface area contributed by atoms with E-state index in [1.807, 2.05) is 26.8 Å². The van der Waals surface area contributed by atoms with E-state index in [-0.39, 0.29) is 50.1 Å². The van der Waals surface area contributed by atoms with Crippen LogP contribution in [0.2, 0.25) is 0 Å². The first-order chi connectivity index (χ1) is 15.2. The second-order valence-electron chi connectivity index (χ2n) is 8.60. The fourth-order valence-electron chi connectivity index (χ4n) is 3.49. The Hall–Kier alpha value is -3.38. The molecular weight excluding hydrogens is 414 g/mol. The highest BCUT2D eigenvalue weighted by molar-refractivity contribution is 6.05. The average molecular weight is 441 g/mol. The highest BCUT2D eigenvalue weighted by Crippen LogP contribution is 2.29. The number of nitrogens with one attached hydrogen (secondary N) is 2. The molecule has 170 valence electrons. The molecule has 3 rings (SSSR count). The summed E-state index contributed by atoms with van der Waals surface area (Å²) in [6.45, 7) is 6.30. The van der Waals surface area contributed by atoms with Crippen molar-refractivity contribution in [1.82, 2.24) is 15.5 Å². The van der Waals surface area contributed by atoms with Gasteiger partial charge < -0.3 is 19.7 Å². The minimum atomic E-state index is -0.660. The Morgan fingerprint density at radius 3 is 2.75 bits per heavy atom. The zero-order valence-electron chi connectivity index (χ0n) is 18.4. The van der Waals surface area contributed by atoms with E-state index in [0.717, 1.165) is 5.56 Å². The lowest BCUT2D eigenvalue weighted by molar-refractivity contribution is -0.136. The summed E-state index contributed by atoms with van der Waals surface area (Å²) in [5, 5.41) is 4.98. The summed E-state index contributed by atoms with van der Waals surface area (Å²) in [5.74, 6) is 4.91. The summed E-state index contributed by atoms with van der Waals surface area (Å²) in [4.78, 5) is 49.4. The van der Waals surface area contributed by atoms with Gasteiger partial charge in [0.05, 0.1) is 6.61 Å². The van der Waals surface area contributed by atoms with Crippen LogP contribution in [0, 0.1) is 11.8 Å². The third kappa shape index (κ3) is 5.86. The molecule has 0 saturated carbocycles. The van der Waals surface area contributed by atoms with Gasteiger partial charge in [-0.3, -0.25) is 19.7 Å². The van der Waals surface area contributed by atoms with Crippen molar-refractivity contribution in [2.24, 2.45) is 0 Å². The number of fused-ring (bicyclic) bond motifs is 1. The normalized spacial score (nSPS) is 17.9. The monoisotopic (exact) mass is 441 g/mol. The van der Waals surface area contributed by atoms with Crippen molar-refractivity contribution in [1.29, 1.82) is 0 Å². The Kier molecular flexibility index (Phi) is 7.15. The number of piperidine rings is 1. The van der Waals surface area contributed by atoms with Crippen LogP contribution in [0.5, 0.6) is 0 Å². The van der Waals surface area contributed by atoms with Gasteiger partial charge in [-0.15, -0.1) is 0 Å². The first kappa shape index (κ1) is 23.3. The van der Waals surface area contributed by atoms with Crippen molar-refractivity contribution >= 4 is 23.8 Å². The maximum absolute atomic E-state index is 12.8. The zero-order chi connectivity index (χ0) is 23.3. The molecule has 2 heterocycles. The van der Waals surface area contributed by atoms with Crippen molar-refractivity contribution in [2.45, 2.75) is 51.7 Å². The fraction of sp³-hybridized carbons (Fsp3) is 0.478. The molecule has 1 fully saturated rings. The Morgan fingerprint density at radius 2 is 2.03 bits per heavy atom. The standard InChI is InChI=1S/C23H27N3O6/c1-23(2,3)25-22(30)32-13-12-31-11-5-7-15-6-4-8-16-17(15)14-26(21(16)29)18-9-10-19(27)24-20(18)28/h4,6,8,18H,9-14H2,1-3H3,(H,25,30)(H,24,27,28). The van der Waals surface area contributed by atoms with E-state index in [1.165, 1.54) is 4.90 Å². The first-order valence-corrected chi connectivity index (χ1v) is 10.4. The van der Waals surface area contributed by atoms with E-state index < -0.39 is 18.0 Å². The van der Waals surface area contributed by atoms with Gasteiger partial charge in [0, 0.05) is 29.6 Å². The van der Waals surface area contributed by atoms with Crippen LogP contribution in [0.4, 0.5) is 4.79 Å². The minimum Gasteiger partial charge on any atom is -0.447 e. The molecule has 2 aliphatic rings. The zero-order valence-corrected chi connectivity index (χ0v) is 18.4. The highest BCUT2D eigenvalue weighted by atomic mass is 16.6. The van der Waals surface area contributed by atoms with Crippen molar-refractivity contribution in [3.05, 3.63) is 34.9 Å². The summed E-state index contributed by atoms with van der Waals surface area (Å²) in [5.41, 5.74) is 1.60. The van der Waals surface area contributed by atoms with Gasteiger partial charge in [0.1, 0.15) is 19.3 Å². The number of carbonyl (C=O) groups is 4. The summed E-state index contributed by atoms with van der Waals surface area (Å²) in [7, 11) is 0. The van der Waals surface area contributed by atoms with Crippen LogP contribution in [0.1, 0.15) is 55.1 Å². The van der Waals surface area contributed by atoms with Gasteiger partial charge in [-0.05, 0) is 44.9 Å². The van der Waals surface area contributed by atoms with E-state index in [2.05, 4.69) is 22.5 Å². The van der Waals surface area contributed by atoms with Gasteiger partial charge in [0.15, 0.2) is 0 Å². The predicted molar refractivity (Wildman–Crippen MR) is 114 cm³/mol. The Balaban J connectivity index is 1.52. The molecule has 2 N–H and O–H groups in total. The van der Waals surface area contributed by atoms with Crippen LogP contribution in [-0.2, 0) is 25.6 Å². The molecule has 9 heteroatoms. The second-order valence-corrected chi connectivity index (χ2v) is 8.60. The smallest absolute Gasteiger partial charge is 0.407 e. The topological polar surface area (TPSA) is 114 Å². The number of imide groups is 1. The Labute approximate surface area is 186 Å². The third-order valence-corrected chi connectivity index (χ3v) is 4.92. The molecular formula is C23H27N3O6. The molecule has 1 aromatic rings. The van der Waals surface area contributed by atoms with Crippen molar-refractivity contribution in [2.75, 3.05) is 19.8 Å².